The van der Waals surface area contributed by atoms with Crippen LogP contribution in [0.15, 0.2) is 67.3 Å². The lowest BCUT2D eigenvalue weighted by atomic mass is 10.0. The van der Waals surface area contributed by atoms with Crippen LogP contribution in [-0.2, 0) is 27.5 Å². The van der Waals surface area contributed by atoms with E-state index in [2.05, 4.69) is 6.58 Å². The van der Waals surface area contributed by atoms with Gasteiger partial charge < -0.3 is 19.3 Å². The second kappa shape index (κ2) is 10.4. The van der Waals surface area contributed by atoms with E-state index in [1.54, 1.807) is 13.2 Å². The van der Waals surface area contributed by atoms with Gasteiger partial charge in [0.25, 0.3) is 0 Å². The third-order valence-electron chi connectivity index (χ3n) is 3.95. The van der Waals surface area contributed by atoms with Crippen molar-refractivity contribution in [3.63, 3.8) is 0 Å². The molecule has 2 aromatic rings. The average molecular weight is 356 g/mol. The summed E-state index contributed by atoms with van der Waals surface area (Å²) in [4.78, 5) is 11.6. The summed E-state index contributed by atoms with van der Waals surface area (Å²) in [5.74, 6) is -0.747. The molecule has 0 fully saturated rings. The predicted molar refractivity (Wildman–Crippen MR) is 99.0 cm³/mol. The van der Waals surface area contributed by atoms with Gasteiger partial charge in [-0.15, -0.1) is 6.58 Å². The molecule has 0 radical (unpaired) electrons. The van der Waals surface area contributed by atoms with Crippen LogP contribution >= 0.6 is 0 Å². The number of hydrogen-bond donors (Lipinski definition) is 1. The first-order valence-corrected chi connectivity index (χ1v) is 8.35. The van der Waals surface area contributed by atoms with Gasteiger partial charge in [-0.3, -0.25) is 0 Å². The van der Waals surface area contributed by atoms with Gasteiger partial charge in [-0.25, -0.2) is 4.79 Å². The Labute approximate surface area is 153 Å². The van der Waals surface area contributed by atoms with Crippen LogP contribution in [0.25, 0.3) is 0 Å². The number of carbonyl (C=O) groups is 1. The molecule has 5 heteroatoms. The number of hydrogen-bond acceptors (Lipinski definition) is 4. The summed E-state index contributed by atoms with van der Waals surface area (Å²) in [6.07, 6.45) is 0.544. The zero-order chi connectivity index (χ0) is 18.8. The highest BCUT2D eigenvalue weighted by Crippen LogP contribution is 2.17. The van der Waals surface area contributed by atoms with Gasteiger partial charge in [-0.1, -0.05) is 48.5 Å². The first-order chi connectivity index (χ1) is 12.6. The first-order valence-electron chi connectivity index (χ1n) is 8.35. The van der Waals surface area contributed by atoms with Crippen molar-refractivity contribution >= 4 is 5.97 Å². The van der Waals surface area contributed by atoms with Crippen molar-refractivity contribution in [2.45, 2.75) is 19.3 Å². The van der Waals surface area contributed by atoms with Gasteiger partial charge in [0.2, 0.25) is 0 Å². The Hall–Kier alpha value is -2.63. The Morgan fingerprint density at radius 1 is 1.08 bits per heavy atom. The van der Waals surface area contributed by atoms with E-state index in [0.717, 1.165) is 16.9 Å². The molecular weight excluding hydrogens is 332 g/mol. The Morgan fingerprint density at radius 3 is 2.31 bits per heavy atom. The number of ether oxygens (including phenoxy) is 3. The van der Waals surface area contributed by atoms with Crippen molar-refractivity contribution < 1.29 is 24.1 Å². The van der Waals surface area contributed by atoms with Gasteiger partial charge in [0, 0.05) is 5.92 Å². The largest absolute Gasteiger partial charge is 0.497 e. The van der Waals surface area contributed by atoms with Crippen LogP contribution in [-0.4, -0.2) is 30.9 Å². The van der Waals surface area contributed by atoms with Crippen molar-refractivity contribution in [1.82, 2.24) is 0 Å². The summed E-state index contributed by atoms with van der Waals surface area (Å²) < 4.78 is 16.4. The number of benzene rings is 2. The first kappa shape index (κ1) is 19.7. The molecule has 0 aromatic heterocycles. The van der Waals surface area contributed by atoms with Crippen LogP contribution in [0.1, 0.15) is 11.1 Å². The molecule has 2 aromatic carbocycles. The normalized spacial score (nSPS) is 13.0. The maximum Gasteiger partial charge on any atom is 0.333 e. The summed E-state index contributed by atoms with van der Waals surface area (Å²) in [7, 11) is 1.59. The van der Waals surface area contributed by atoms with Crippen LogP contribution < -0.4 is 4.74 Å². The molecule has 1 N–H and O–H groups in total. The summed E-state index contributed by atoms with van der Waals surface area (Å²) in [5.41, 5.74) is 1.89. The predicted octanol–water partition coefficient (Wildman–Crippen LogP) is 3.68. The van der Waals surface area contributed by atoms with E-state index in [1.165, 1.54) is 0 Å². The second-order valence-corrected chi connectivity index (χ2v) is 5.82. The summed E-state index contributed by atoms with van der Waals surface area (Å²) in [5, 5.41) is 9.50. The number of carboxylic acid groups (broad SMARTS) is 1. The summed E-state index contributed by atoms with van der Waals surface area (Å²) in [6.45, 7) is 4.55. The van der Waals surface area contributed by atoms with Crippen molar-refractivity contribution in [3.05, 3.63) is 78.4 Å². The molecular formula is C21H24O5. The molecule has 0 aliphatic heterocycles. The van der Waals surface area contributed by atoms with E-state index in [-0.39, 0.29) is 13.2 Å². The van der Waals surface area contributed by atoms with E-state index in [0.29, 0.717) is 6.61 Å². The molecule has 0 saturated carbocycles. The highest BCUT2D eigenvalue weighted by Gasteiger charge is 2.27. The van der Waals surface area contributed by atoms with Crippen LogP contribution in [0.4, 0.5) is 0 Å². The van der Waals surface area contributed by atoms with Gasteiger partial charge in [0.05, 0.1) is 26.9 Å². The van der Waals surface area contributed by atoms with Crippen molar-refractivity contribution in [2.24, 2.45) is 5.92 Å². The Balaban J connectivity index is 1.89. The molecule has 2 rings (SSSR count). The lowest BCUT2D eigenvalue weighted by Crippen LogP contribution is -2.34. The van der Waals surface area contributed by atoms with E-state index in [4.69, 9.17) is 14.2 Å². The average Bonchev–Trinajstić information content (AvgIpc) is 2.67. The zero-order valence-corrected chi connectivity index (χ0v) is 14.8. The Morgan fingerprint density at radius 2 is 1.73 bits per heavy atom. The van der Waals surface area contributed by atoms with Gasteiger partial charge in [-0.05, 0) is 23.3 Å². The second-order valence-electron chi connectivity index (χ2n) is 5.82. The van der Waals surface area contributed by atoms with Gasteiger partial charge in [-0.2, -0.15) is 0 Å². The van der Waals surface area contributed by atoms with Crippen molar-refractivity contribution in [1.29, 1.82) is 0 Å². The van der Waals surface area contributed by atoms with Gasteiger partial charge in [0.15, 0.2) is 6.10 Å². The zero-order valence-electron chi connectivity index (χ0n) is 14.8. The molecule has 0 bridgehead atoms. The van der Waals surface area contributed by atoms with E-state index in [1.807, 2.05) is 54.6 Å². The molecule has 0 saturated heterocycles. The lowest BCUT2D eigenvalue weighted by Gasteiger charge is -2.21. The highest BCUT2D eigenvalue weighted by atomic mass is 16.5. The fourth-order valence-corrected chi connectivity index (χ4v) is 2.45. The van der Waals surface area contributed by atoms with Crippen molar-refractivity contribution in [3.8, 4) is 5.75 Å². The third-order valence-corrected chi connectivity index (χ3v) is 3.95. The molecule has 2 atom stereocenters. The fraction of sp³-hybridized carbons (Fsp3) is 0.286. The number of aliphatic carboxylic acids is 1. The molecule has 0 unspecified atom stereocenters. The molecule has 0 heterocycles. The maximum atomic E-state index is 11.6. The maximum absolute atomic E-state index is 11.6. The minimum absolute atomic E-state index is 0.185. The van der Waals surface area contributed by atoms with Crippen molar-refractivity contribution in [2.75, 3.05) is 13.7 Å². The summed E-state index contributed by atoms with van der Waals surface area (Å²) in [6, 6.07) is 17.0. The summed E-state index contributed by atoms with van der Waals surface area (Å²) >= 11 is 0. The molecule has 5 nitrogen and oxygen atoms in total. The molecule has 26 heavy (non-hydrogen) atoms. The van der Waals surface area contributed by atoms with E-state index < -0.39 is 18.0 Å². The highest BCUT2D eigenvalue weighted by molar-refractivity contribution is 5.73. The number of methoxy groups -OCH3 is 1. The van der Waals surface area contributed by atoms with Crippen LogP contribution in [0.3, 0.4) is 0 Å². The topological polar surface area (TPSA) is 65.0 Å². The fourth-order valence-electron chi connectivity index (χ4n) is 2.45. The Bertz CT molecular complexity index is 681. The molecule has 0 aliphatic carbocycles. The van der Waals surface area contributed by atoms with Crippen LogP contribution in [0, 0.1) is 5.92 Å². The van der Waals surface area contributed by atoms with Gasteiger partial charge >= 0.3 is 5.97 Å². The van der Waals surface area contributed by atoms with Gasteiger partial charge in [0.1, 0.15) is 5.75 Å². The molecule has 0 aliphatic rings. The van der Waals surface area contributed by atoms with E-state index in [9.17, 15) is 9.90 Å². The van der Waals surface area contributed by atoms with E-state index >= 15 is 0 Å². The number of carboxylic acids is 1. The molecule has 0 amide bonds. The number of rotatable bonds is 11. The van der Waals surface area contributed by atoms with Crippen LogP contribution in [0.2, 0.25) is 0 Å². The SMILES string of the molecule is C=C[C@H](COCc1ccccc1)[C@@H](OCc1ccc(OC)cc1)C(=O)O. The van der Waals surface area contributed by atoms with Crippen LogP contribution in [0.5, 0.6) is 5.75 Å². The third kappa shape index (κ3) is 6.02. The molecule has 138 valence electrons. The smallest absolute Gasteiger partial charge is 0.333 e. The Kier molecular flexibility index (Phi) is 7.86. The lowest BCUT2D eigenvalue weighted by molar-refractivity contribution is -0.155. The quantitative estimate of drug-likeness (QED) is 0.622. The standard InChI is InChI=1S/C21H24O5/c1-3-18(15-25-13-16-7-5-4-6-8-16)20(21(22)23)26-14-17-9-11-19(24-2)12-10-17/h3-12,18,20H,1,13-15H2,2H3,(H,22,23)/t18-,20-/m1/s1. The minimum Gasteiger partial charge on any atom is -0.497 e. The monoisotopic (exact) mass is 356 g/mol. The minimum atomic E-state index is -1.04. The molecule has 0 spiro atoms.